The molecule has 0 aromatic heterocycles. The van der Waals surface area contributed by atoms with Crippen LogP contribution >= 0.6 is 17.0 Å². The fourth-order valence-corrected chi connectivity index (χ4v) is 2.57. The minimum atomic E-state index is 0. The molecule has 0 aliphatic carbocycles. The number of halogens is 1. The summed E-state index contributed by atoms with van der Waals surface area (Å²) in [7, 11) is 4.25. The Morgan fingerprint density at radius 2 is 1.53 bits per heavy atom. The third-order valence-electron chi connectivity index (χ3n) is 3.66. The van der Waals surface area contributed by atoms with E-state index in [0.717, 1.165) is 0 Å². The van der Waals surface area contributed by atoms with Crippen LogP contribution in [-0.2, 0) is 6.42 Å². The van der Waals surface area contributed by atoms with Crippen LogP contribution in [-0.4, -0.2) is 23.9 Å². The predicted octanol–water partition coefficient (Wildman–Crippen LogP) is 4.34. The second-order valence-corrected chi connectivity index (χ2v) is 5.20. The standard InChI is InChI=1S/C16H24N2.BrH/c1-4-5-6-7-14-8-10-15(11-9-14)16-17(2)12-13-18(16)3;/h8-13,16H,4-7H2,1-3H3;1H. The molecule has 3 heteroatoms. The van der Waals surface area contributed by atoms with Crippen molar-refractivity contribution in [2.75, 3.05) is 14.1 Å². The maximum atomic E-state index is 2.28. The van der Waals surface area contributed by atoms with E-state index in [9.17, 15) is 0 Å². The quantitative estimate of drug-likeness (QED) is 0.743. The Kier molecular flexibility index (Phi) is 6.43. The monoisotopic (exact) mass is 324 g/mol. The first-order valence-electron chi connectivity index (χ1n) is 6.93. The lowest BCUT2D eigenvalue weighted by molar-refractivity contribution is 0.209. The van der Waals surface area contributed by atoms with Gasteiger partial charge in [0, 0.05) is 26.5 Å². The van der Waals surface area contributed by atoms with E-state index in [1.807, 2.05) is 0 Å². The third kappa shape index (κ3) is 4.00. The summed E-state index contributed by atoms with van der Waals surface area (Å²) in [4.78, 5) is 4.48. The first-order valence-corrected chi connectivity index (χ1v) is 6.93. The summed E-state index contributed by atoms with van der Waals surface area (Å²) in [6.07, 6.45) is 9.75. The van der Waals surface area contributed by atoms with Crippen LogP contribution in [0.25, 0.3) is 0 Å². The van der Waals surface area contributed by atoms with Crippen LogP contribution in [0.3, 0.4) is 0 Å². The Labute approximate surface area is 127 Å². The van der Waals surface area contributed by atoms with Gasteiger partial charge < -0.3 is 9.80 Å². The molecule has 1 aromatic rings. The van der Waals surface area contributed by atoms with E-state index >= 15 is 0 Å². The Balaban J connectivity index is 0.00000180. The van der Waals surface area contributed by atoms with Gasteiger partial charge in [-0.3, -0.25) is 0 Å². The maximum absolute atomic E-state index is 2.28. The van der Waals surface area contributed by atoms with Crippen molar-refractivity contribution in [2.24, 2.45) is 0 Å². The van der Waals surface area contributed by atoms with Crippen molar-refractivity contribution < 1.29 is 0 Å². The molecule has 0 amide bonds. The summed E-state index contributed by atoms with van der Waals surface area (Å²) in [5, 5.41) is 0. The highest BCUT2D eigenvalue weighted by Gasteiger charge is 2.21. The van der Waals surface area contributed by atoms with Gasteiger partial charge in [-0.1, -0.05) is 44.0 Å². The fourth-order valence-electron chi connectivity index (χ4n) is 2.57. The number of unbranched alkanes of at least 4 members (excludes halogenated alkanes) is 2. The first kappa shape index (κ1) is 16.1. The Morgan fingerprint density at radius 1 is 0.947 bits per heavy atom. The molecule has 106 valence electrons. The minimum Gasteiger partial charge on any atom is -0.355 e. The predicted molar refractivity (Wildman–Crippen MR) is 87.4 cm³/mol. The van der Waals surface area contributed by atoms with Gasteiger partial charge in [-0.2, -0.15) is 0 Å². The molecular formula is C16H25BrN2. The van der Waals surface area contributed by atoms with Gasteiger partial charge >= 0.3 is 0 Å². The fraction of sp³-hybridized carbons (Fsp3) is 0.500. The molecule has 1 aromatic carbocycles. The van der Waals surface area contributed by atoms with E-state index in [1.54, 1.807) is 0 Å². The third-order valence-corrected chi connectivity index (χ3v) is 3.66. The summed E-state index contributed by atoms with van der Waals surface area (Å²) in [6.45, 7) is 2.25. The van der Waals surface area contributed by atoms with E-state index in [2.05, 4.69) is 67.5 Å². The van der Waals surface area contributed by atoms with Crippen molar-refractivity contribution in [1.29, 1.82) is 0 Å². The molecule has 0 fully saturated rings. The van der Waals surface area contributed by atoms with Crippen molar-refractivity contribution in [1.82, 2.24) is 9.80 Å². The van der Waals surface area contributed by atoms with Crippen molar-refractivity contribution in [3.05, 3.63) is 47.8 Å². The molecule has 1 heterocycles. The van der Waals surface area contributed by atoms with Gasteiger partial charge in [0.1, 0.15) is 6.17 Å². The summed E-state index contributed by atoms with van der Waals surface area (Å²) in [6, 6.07) is 9.11. The Bertz CT molecular complexity index is 388. The molecule has 0 unspecified atom stereocenters. The van der Waals surface area contributed by atoms with Gasteiger partial charge in [0.2, 0.25) is 0 Å². The highest BCUT2D eigenvalue weighted by Crippen LogP contribution is 2.27. The highest BCUT2D eigenvalue weighted by atomic mass is 79.9. The van der Waals surface area contributed by atoms with Gasteiger partial charge in [-0.25, -0.2) is 0 Å². The minimum absolute atomic E-state index is 0. The van der Waals surface area contributed by atoms with Gasteiger partial charge in [0.15, 0.2) is 0 Å². The normalized spacial score (nSPS) is 14.9. The molecule has 1 aliphatic rings. The number of rotatable bonds is 5. The van der Waals surface area contributed by atoms with Crippen LogP contribution in [0.15, 0.2) is 36.7 Å². The van der Waals surface area contributed by atoms with Crippen LogP contribution in [0.5, 0.6) is 0 Å². The zero-order valence-electron chi connectivity index (χ0n) is 12.2. The topological polar surface area (TPSA) is 6.48 Å². The summed E-state index contributed by atoms with van der Waals surface area (Å²) < 4.78 is 0. The lowest BCUT2D eigenvalue weighted by Gasteiger charge is -2.28. The molecule has 1 aliphatic heterocycles. The number of hydrogen-bond donors (Lipinski definition) is 0. The van der Waals surface area contributed by atoms with E-state index in [1.165, 1.54) is 36.8 Å². The zero-order valence-corrected chi connectivity index (χ0v) is 13.9. The molecule has 0 saturated carbocycles. The first-order chi connectivity index (χ1) is 8.72. The van der Waals surface area contributed by atoms with Gasteiger partial charge in [-0.05, 0) is 24.0 Å². The number of aryl methyl sites for hydroxylation is 1. The molecule has 0 atom stereocenters. The van der Waals surface area contributed by atoms with Crippen molar-refractivity contribution in [2.45, 2.75) is 38.8 Å². The Hall–Kier alpha value is -0.960. The second-order valence-electron chi connectivity index (χ2n) is 5.20. The van der Waals surface area contributed by atoms with E-state index in [0.29, 0.717) is 6.17 Å². The van der Waals surface area contributed by atoms with E-state index in [-0.39, 0.29) is 17.0 Å². The molecule has 2 rings (SSSR count). The molecular weight excluding hydrogens is 300 g/mol. The summed E-state index contributed by atoms with van der Waals surface area (Å²) in [5.74, 6) is 0. The zero-order chi connectivity index (χ0) is 13.0. The van der Waals surface area contributed by atoms with Crippen molar-refractivity contribution >= 4 is 17.0 Å². The van der Waals surface area contributed by atoms with Crippen LogP contribution < -0.4 is 0 Å². The maximum Gasteiger partial charge on any atom is 0.127 e. The van der Waals surface area contributed by atoms with Crippen LogP contribution in [0.1, 0.15) is 43.5 Å². The Morgan fingerprint density at radius 3 is 2.05 bits per heavy atom. The SMILES string of the molecule is Br.CCCCCc1ccc(C2N(C)C=CN2C)cc1. The van der Waals surface area contributed by atoms with Crippen molar-refractivity contribution in [3.63, 3.8) is 0 Å². The summed E-state index contributed by atoms with van der Waals surface area (Å²) in [5.41, 5.74) is 2.83. The average Bonchev–Trinajstić information content (AvgIpc) is 2.71. The average molecular weight is 325 g/mol. The molecule has 2 nitrogen and oxygen atoms in total. The van der Waals surface area contributed by atoms with E-state index in [4.69, 9.17) is 0 Å². The van der Waals surface area contributed by atoms with Crippen LogP contribution in [0, 0.1) is 0 Å². The number of benzene rings is 1. The van der Waals surface area contributed by atoms with Crippen LogP contribution in [0.2, 0.25) is 0 Å². The lowest BCUT2D eigenvalue weighted by Crippen LogP contribution is -2.25. The van der Waals surface area contributed by atoms with Gasteiger partial charge in [-0.15, -0.1) is 17.0 Å². The molecule has 0 N–H and O–H groups in total. The lowest BCUT2D eigenvalue weighted by atomic mass is 10.0. The highest BCUT2D eigenvalue weighted by molar-refractivity contribution is 8.93. The molecule has 0 spiro atoms. The molecule has 0 saturated heterocycles. The summed E-state index contributed by atoms with van der Waals surface area (Å²) >= 11 is 0. The van der Waals surface area contributed by atoms with Gasteiger partial charge in [0.05, 0.1) is 0 Å². The smallest absolute Gasteiger partial charge is 0.127 e. The van der Waals surface area contributed by atoms with Crippen LogP contribution in [0.4, 0.5) is 0 Å². The largest absolute Gasteiger partial charge is 0.355 e. The van der Waals surface area contributed by atoms with Gasteiger partial charge in [0.25, 0.3) is 0 Å². The second kappa shape index (κ2) is 7.59. The number of hydrogen-bond acceptors (Lipinski definition) is 2. The molecule has 0 bridgehead atoms. The van der Waals surface area contributed by atoms with E-state index < -0.39 is 0 Å². The molecule has 0 radical (unpaired) electrons. The van der Waals surface area contributed by atoms with Crippen molar-refractivity contribution in [3.8, 4) is 0 Å². The molecule has 19 heavy (non-hydrogen) atoms. The number of nitrogens with zero attached hydrogens (tertiary/aromatic N) is 2.